The van der Waals surface area contributed by atoms with Crippen molar-refractivity contribution in [2.75, 3.05) is 13.1 Å². The zero-order chi connectivity index (χ0) is 22.1. The Labute approximate surface area is 190 Å². The van der Waals surface area contributed by atoms with Crippen LogP contribution >= 0.6 is 0 Å². The number of aryl methyl sites for hydroxylation is 1. The van der Waals surface area contributed by atoms with E-state index in [4.69, 9.17) is 9.72 Å². The number of nitrogens with zero attached hydrogens (tertiary/aromatic N) is 3. The van der Waals surface area contributed by atoms with Gasteiger partial charge in [-0.1, -0.05) is 25.0 Å². The maximum absolute atomic E-state index is 13.1. The number of fused-ring (bicyclic) bond motifs is 1. The topological polar surface area (TPSA) is 47.4 Å². The molecule has 5 rings (SSSR count). The van der Waals surface area contributed by atoms with Crippen LogP contribution in [0.3, 0.4) is 0 Å². The third-order valence-corrected chi connectivity index (χ3v) is 7.24. The smallest absolute Gasteiger partial charge is 0.261 e. The minimum absolute atomic E-state index is 0.0190. The maximum atomic E-state index is 13.1. The van der Waals surface area contributed by atoms with E-state index in [0.717, 1.165) is 60.2 Å². The fourth-order valence-electron chi connectivity index (χ4n) is 5.40. The molecule has 0 N–H and O–H groups in total. The van der Waals surface area contributed by atoms with E-state index >= 15 is 0 Å². The van der Waals surface area contributed by atoms with E-state index < -0.39 is 0 Å². The minimum atomic E-state index is 0.0190. The molecule has 1 saturated heterocycles. The van der Waals surface area contributed by atoms with Gasteiger partial charge < -0.3 is 9.64 Å². The summed E-state index contributed by atoms with van der Waals surface area (Å²) in [6.07, 6.45) is 8.01. The number of hydrogen-bond acceptors (Lipinski definition) is 4. The van der Waals surface area contributed by atoms with Crippen molar-refractivity contribution in [1.29, 1.82) is 0 Å². The summed E-state index contributed by atoms with van der Waals surface area (Å²) in [5, 5.41) is 0.680. The average molecular weight is 432 g/mol. The summed E-state index contributed by atoms with van der Waals surface area (Å²) < 4.78 is 8.07. The molecule has 2 heterocycles. The number of benzene rings is 2. The number of piperidine rings is 1. The molecule has 0 atom stereocenters. The summed E-state index contributed by atoms with van der Waals surface area (Å²) in [5.41, 5.74) is 2.77. The molecule has 0 radical (unpaired) electrons. The number of rotatable bonds is 5. The van der Waals surface area contributed by atoms with Crippen molar-refractivity contribution in [3.8, 4) is 17.1 Å². The second-order valence-corrected chi connectivity index (χ2v) is 9.27. The van der Waals surface area contributed by atoms with Crippen LogP contribution in [0.25, 0.3) is 22.3 Å². The molecule has 5 nitrogen and oxygen atoms in total. The minimum Gasteiger partial charge on any atom is -0.490 e. The third-order valence-electron chi connectivity index (χ3n) is 7.24. The molecule has 168 valence electrons. The molecule has 5 heteroatoms. The van der Waals surface area contributed by atoms with E-state index in [0.29, 0.717) is 11.9 Å². The van der Waals surface area contributed by atoms with Crippen molar-refractivity contribution in [3.05, 3.63) is 58.4 Å². The molecule has 2 aromatic carbocycles. The monoisotopic (exact) mass is 431 g/mol. The molecule has 0 amide bonds. The van der Waals surface area contributed by atoms with Gasteiger partial charge in [0.2, 0.25) is 0 Å². The van der Waals surface area contributed by atoms with Crippen LogP contribution < -0.4 is 10.3 Å². The predicted molar refractivity (Wildman–Crippen MR) is 129 cm³/mol. The molecule has 0 spiro atoms. The Morgan fingerprint density at radius 3 is 2.41 bits per heavy atom. The van der Waals surface area contributed by atoms with Crippen molar-refractivity contribution in [3.63, 3.8) is 0 Å². The zero-order valence-electron chi connectivity index (χ0n) is 19.2. The first-order valence-electron chi connectivity index (χ1n) is 12.2. The zero-order valence-corrected chi connectivity index (χ0v) is 19.2. The Morgan fingerprint density at radius 2 is 1.72 bits per heavy atom. The van der Waals surface area contributed by atoms with Gasteiger partial charge in [0, 0.05) is 31.2 Å². The van der Waals surface area contributed by atoms with Crippen LogP contribution in [0.2, 0.25) is 0 Å². The molecule has 1 aromatic heterocycles. The van der Waals surface area contributed by atoms with Gasteiger partial charge in [-0.3, -0.25) is 9.36 Å². The van der Waals surface area contributed by atoms with Gasteiger partial charge in [0.15, 0.2) is 0 Å². The van der Waals surface area contributed by atoms with E-state index in [1.165, 1.54) is 25.7 Å². The standard InChI is InChI=1S/C27H33N3O2/c1-3-30-26(28-25-19(2)7-6-10-24(25)27(30)31)20-11-13-22(14-12-20)32-23-15-17-29(18-16-23)21-8-4-5-9-21/h6-7,10-14,21,23H,3-5,8-9,15-18H2,1-2H3. The van der Waals surface area contributed by atoms with Gasteiger partial charge in [-0.25, -0.2) is 4.98 Å². The van der Waals surface area contributed by atoms with E-state index in [-0.39, 0.29) is 11.7 Å². The third kappa shape index (κ3) is 4.06. The fourth-order valence-corrected chi connectivity index (χ4v) is 5.40. The second kappa shape index (κ2) is 9.07. The fraction of sp³-hybridized carbons (Fsp3) is 0.481. The molecule has 0 unspecified atom stereocenters. The Hall–Kier alpha value is -2.66. The van der Waals surface area contributed by atoms with Crippen LogP contribution in [0.1, 0.15) is 51.0 Å². The van der Waals surface area contributed by atoms with Crippen molar-refractivity contribution in [2.24, 2.45) is 0 Å². The molecule has 3 aromatic rings. The maximum Gasteiger partial charge on any atom is 0.261 e. The van der Waals surface area contributed by atoms with Crippen LogP contribution in [-0.2, 0) is 6.54 Å². The number of hydrogen-bond donors (Lipinski definition) is 0. The highest BCUT2D eigenvalue weighted by Crippen LogP contribution is 2.28. The molecule has 32 heavy (non-hydrogen) atoms. The Bertz CT molecular complexity index is 1140. The number of para-hydroxylation sites is 1. The first-order chi connectivity index (χ1) is 15.6. The largest absolute Gasteiger partial charge is 0.490 e. The highest BCUT2D eigenvalue weighted by atomic mass is 16.5. The summed E-state index contributed by atoms with van der Waals surface area (Å²) >= 11 is 0. The highest BCUT2D eigenvalue weighted by molar-refractivity contribution is 5.82. The van der Waals surface area contributed by atoms with E-state index in [1.54, 1.807) is 4.57 Å². The first kappa shape index (κ1) is 21.2. The van der Waals surface area contributed by atoms with Gasteiger partial charge in [0.25, 0.3) is 5.56 Å². The summed E-state index contributed by atoms with van der Waals surface area (Å²) in [6, 6.07) is 14.7. The predicted octanol–water partition coefficient (Wildman–Crippen LogP) is 5.18. The first-order valence-corrected chi connectivity index (χ1v) is 12.2. The Balaban J connectivity index is 1.32. The summed E-state index contributed by atoms with van der Waals surface area (Å²) in [4.78, 5) is 20.6. The van der Waals surface area contributed by atoms with Crippen molar-refractivity contribution >= 4 is 10.9 Å². The van der Waals surface area contributed by atoms with E-state index in [1.807, 2.05) is 56.3 Å². The lowest BCUT2D eigenvalue weighted by atomic mass is 10.0. The lowest BCUT2D eigenvalue weighted by Crippen LogP contribution is -2.43. The molecule has 2 aliphatic rings. The summed E-state index contributed by atoms with van der Waals surface area (Å²) in [6.45, 7) is 6.88. The van der Waals surface area contributed by atoms with Crippen LogP contribution in [0, 0.1) is 6.92 Å². The Morgan fingerprint density at radius 1 is 1.00 bits per heavy atom. The van der Waals surface area contributed by atoms with E-state index in [2.05, 4.69) is 4.90 Å². The van der Waals surface area contributed by atoms with Gasteiger partial charge in [-0.15, -0.1) is 0 Å². The van der Waals surface area contributed by atoms with Gasteiger partial charge in [0.05, 0.1) is 10.9 Å². The normalized spacial score (nSPS) is 18.4. The Kier molecular flexibility index (Phi) is 6.01. The molecular formula is C27H33N3O2. The quantitative estimate of drug-likeness (QED) is 0.559. The van der Waals surface area contributed by atoms with Crippen molar-refractivity contribution in [1.82, 2.24) is 14.5 Å². The van der Waals surface area contributed by atoms with Crippen LogP contribution in [0.5, 0.6) is 5.75 Å². The molecule has 1 aliphatic heterocycles. The number of aromatic nitrogens is 2. The number of ether oxygens (including phenoxy) is 1. The summed E-state index contributed by atoms with van der Waals surface area (Å²) in [5.74, 6) is 1.62. The van der Waals surface area contributed by atoms with Gasteiger partial charge in [-0.2, -0.15) is 0 Å². The second-order valence-electron chi connectivity index (χ2n) is 9.27. The molecule has 0 bridgehead atoms. The molecule has 1 aliphatic carbocycles. The molecule has 2 fully saturated rings. The van der Waals surface area contributed by atoms with Crippen LogP contribution in [-0.4, -0.2) is 39.7 Å². The number of likely N-dealkylation sites (tertiary alicyclic amines) is 1. The average Bonchev–Trinajstić information content (AvgIpc) is 3.36. The van der Waals surface area contributed by atoms with Gasteiger partial charge >= 0.3 is 0 Å². The van der Waals surface area contributed by atoms with E-state index in [9.17, 15) is 4.79 Å². The van der Waals surface area contributed by atoms with Crippen molar-refractivity contribution in [2.45, 2.75) is 71.1 Å². The molecular weight excluding hydrogens is 398 g/mol. The van der Waals surface area contributed by atoms with Crippen LogP contribution in [0.4, 0.5) is 0 Å². The van der Waals surface area contributed by atoms with Gasteiger partial charge in [0.1, 0.15) is 17.7 Å². The highest BCUT2D eigenvalue weighted by Gasteiger charge is 2.27. The lowest BCUT2D eigenvalue weighted by molar-refractivity contribution is 0.0768. The van der Waals surface area contributed by atoms with Gasteiger partial charge in [-0.05, 0) is 75.4 Å². The summed E-state index contributed by atoms with van der Waals surface area (Å²) in [7, 11) is 0. The molecule has 1 saturated carbocycles. The van der Waals surface area contributed by atoms with Crippen LogP contribution in [0.15, 0.2) is 47.3 Å². The SMILES string of the molecule is CCn1c(-c2ccc(OC3CCN(C4CCCC4)CC3)cc2)nc2c(C)cccc2c1=O. The van der Waals surface area contributed by atoms with Crippen molar-refractivity contribution < 1.29 is 4.74 Å². The lowest BCUT2D eigenvalue weighted by Gasteiger charge is -2.36.